The van der Waals surface area contributed by atoms with Crippen LogP contribution in [-0.2, 0) is 0 Å². The van der Waals surface area contributed by atoms with E-state index >= 15 is 0 Å². The Morgan fingerprint density at radius 1 is 1.33 bits per heavy atom. The molecule has 0 amide bonds. The number of nitrogens with one attached hydrogen (secondary N) is 1. The molecule has 1 nitrogen and oxygen atoms in total. The molecule has 1 aromatic carbocycles. The van der Waals surface area contributed by atoms with Gasteiger partial charge in [0.05, 0.1) is 0 Å². The van der Waals surface area contributed by atoms with Gasteiger partial charge in [-0.25, -0.2) is 0 Å². The standard InChI is InChI=1S/C13H21NS/c1-4-9-15-13-8-6-7-12(10-13)11(3)14-5-2/h6-8,10-11,14H,4-5,9H2,1-3H3. The third-order valence-electron chi connectivity index (χ3n) is 2.34. The average Bonchev–Trinajstić information content (AvgIpc) is 2.27. The topological polar surface area (TPSA) is 12.0 Å². The molecule has 0 aliphatic heterocycles. The third kappa shape index (κ3) is 4.27. The van der Waals surface area contributed by atoms with Crippen molar-refractivity contribution in [2.24, 2.45) is 0 Å². The first-order chi connectivity index (χ1) is 7.27. The van der Waals surface area contributed by atoms with Gasteiger partial charge in [-0.15, -0.1) is 11.8 Å². The molecule has 0 saturated heterocycles. The molecular formula is C13H21NS. The summed E-state index contributed by atoms with van der Waals surface area (Å²) in [6, 6.07) is 9.30. The largest absolute Gasteiger partial charge is 0.310 e. The maximum absolute atomic E-state index is 3.44. The van der Waals surface area contributed by atoms with E-state index in [1.807, 2.05) is 11.8 Å². The van der Waals surface area contributed by atoms with Crippen LogP contribution in [-0.4, -0.2) is 12.3 Å². The summed E-state index contributed by atoms with van der Waals surface area (Å²) in [5.74, 6) is 1.21. The molecule has 0 bridgehead atoms. The van der Waals surface area contributed by atoms with Gasteiger partial charge in [0, 0.05) is 10.9 Å². The summed E-state index contributed by atoms with van der Waals surface area (Å²) in [7, 11) is 0. The van der Waals surface area contributed by atoms with Gasteiger partial charge >= 0.3 is 0 Å². The van der Waals surface area contributed by atoms with Crippen LogP contribution in [0.4, 0.5) is 0 Å². The van der Waals surface area contributed by atoms with Crippen LogP contribution < -0.4 is 5.32 Å². The molecule has 1 atom stereocenters. The van der Waals surface area contributed by atoms with E-state index in [1.54, 1.807) is 0 Å². The van der Waals surface area contributed by atoms with E-state index in [9.17, 15) is 0 Å². The Morgan fingerprint density at radius 3 is 2.80 bits per heavy atom. The first kappa shape index (κ1) is 12.6. The van der Waals surface area contributed by atoms with Crippen LogP contribution in [0.5, 0.6) is 0 Å². The molecule has 0 spiro atoms. The quantitative estimate of drug-likeness (QED) is 0.735. The summed E-state index contributed by atoms with van der Waals surface area (Å²) in [6.45, 7) is 7.60. The van der Waals surface area contributed by atoms with Gasteiger partial charge in [-0.05, 0) is 43.3 Å². The normalized spacial score (nSPS) is 12.7. The molecule has 2 heteroatoms. The fourth-order valence-electron chi connectivity index (χ4n) is 1.52. The summed E-state index contributed by atoms with van der Waals surface area (Å²) in [4.78, 5) is 1.39. The highest BCUT2D eigenvalue weighted by Crippen LogP contribution is 2.22. The second-order valence-corrected chi connectivity index (χ2v) is 4.87. The number of thioether (sulfide) groups is 1. The van der Waals surface area contributed by atoms with Crippen molar-refractivity contribution in [2.45, 2.75) is 38.1 Å². The Balaban J connectivity index is 2.64. The van der Waals surface area contributed by atoms with Crippen LogP contribution >= 0.6 is 11.8 Å². The summed E-state index contributed by atoms with van der Waals surface area (Å²) < 4.78 is 0. The molecular weight excluding hydrogens is 202 g/mol. The predicted octanol–water partition coefficient (Wildman–Crippen LogP) is 3.86. The molecule has 1 aromatic rings. The number of rotatable bonds is 6. The fourth-order valence-corrected chi connectivity index (χ4v) is 2.35. The fraction of sp³-hybridized carbons (Fsp3) is 0.538. The Bertz CT molecular complexity index is 286. The summed E-state index contributed by atoms with van der Waals surface area (Å²) >= 11 is 1.94. The predicted molar refractivity (Wildman–Crippen MR) is 69.5 cm³/mol. The highest BCUT2D eigenvalue weighted by atomic mass is 32.2. The van der Waals surface area contributed by atoms with Crippen molar-refractivity contribution in [1.82, 2.24) is 5.32 Å². The summed E-state index contributed by atoms with van der Waals surface area (Å²) in [5, 5.41) is 3.44. The van der Waals surface area contributed by atoms with Crippen LogP contribution in [0.3, 0.4) is 0 Å². The van der Waals surface area contributed by atoms with Gasteiger partial charge in [-0.1, -0.05) is 26.0 Å². The molecule has 1 N–H and O–H groups in total. The Kier molecular flexibility index (Phi) is 5.81. The van der Waals surface area contributed by atoms with Gasteiger partial charge in [-0.2, -0.15) is 0 Å². The first-order valence-corrected chi connectivity index (χ1v) is 6.72. The first-order valence-electron chi connectivity index (χ1n) is 5.74. The van der Waals surface area contributed by atoms with E-state index in [2.05, 4.69) is 50.4 Å². The lowest BCUT2D eigenvalue weighted by Gasteiger charge is -2.13. The monoisotopic (exact) mass is 223 g/mol. The van der Waals surface area contributed by atoms with E-state index in [0.717, 1.165) is 6.54 Å². The van der Waals surface area contributed by atoms with Crippen molar-refractivity contribution in [2.75, 3.05) is 12.3 Å². The van der Waals surface area contributed by atoms with Crippen molar-refractivity contribution in [3.63, 3.8) is 0 Å². The summed E-state index contributed by atoms with van der Waals surface area (Å²) in [5.41, 5.74) is 1.39. The van der Waals surface area contributed by atoms with Crippen LogP contribution in [0.25, 0.3) is 0 Å². The van der Waals surface area contributed by atoms with Crippen LogP contribution in [0.2, 0.25) is 0 Å². The van der Waals surface area contributed by atoms with Gasteiger partial charge in [0.1, 0.15) is 0 Å². The molecule has 0 radical (unpaired) electrons. The molecule has 0 aromatic heterocycles. The minimum Gasteiger partial charge on any atom is -0.310 e. The second-order valence-electron chi connectivity index (χ2n) is 3.70. The number of hydrogen-bond acceptors (Lipinski definition) is 2. The van der Waals surface area contributed by atoms with Gasteiger partial charge < -0.3 is 5.32 Å². The highest BCUT2D eigenvalue weighted by molar-refractivity contribution is 7.99. The van der Waals surface area contributed by atoms with Crippen molar-refractivity contribution < 1.29 is 0 Å². The van der Waals surface area contributed by atoms with E-state index < -0.39 is 0 Å². The minimum atomic E-state index is 0.456. The van der Waals surface area contributed by atoms with E-state index in [0.29, 0.717) is 6.04 Å². The molecule has 1 unspecified atom stereocenters. The van der Waals surface area contributed by atoms with Gasteiger partial charge in [0.2, 0.25) is 0 Å². The molecule has 15 heavy (non-hydrogen) atoms. The van der Waals surface area contributed by atoms with Crippen LogP contribution in [0.1, 0.15) is 38.8 Å². The zero-order valence-electron chi connectivity index (χ0n) is 9.92. The zero-order valence-corrected chi connectivity index (χ0v) is 10.7. The lowest BCUT2D eigenvalue weighted by molar-refractivity contribution is 0.597. The lowest BCUT2D eigenvalue weighted by Crippen LogP contribution is -2.17. The molecule has 1 rings (SSSR count). The average molecular weight is 223 g/mol. The maximum Gasteiger partial charge on any atom is 0.0292 e. The molecule has 0 heterocycles. The highest BCUT2D eigenvalue weighted by Gasteiger charge is 2.03. The van der Waals surface area contributed by atoms with E-state index in [-0.39, 0.29) is 0 Å². The lowest BCUT2D eigenvalue weighted by atomic mass is 10.1. The van der Waals surface area contributed by atoms with E-state index in [4.69, 9.17) is 0 Å². The molecule has 0 saturated carbocycles. The second kappa shape index (κ2) is 6.91. The molecule has 0 fully saturated rings. The van der Waals surface area contributed by atoms with Crippen molar-refractivity contribution in [3.8, 4) is 0 Å². The van der Waals surface area contributed by atoms with Crippen LogP contribution in [0.15, 0.2) is 29.2 Å². The Labute approximate surface area is 97.7 Å². The van der Waals surface area contributed by atoms with Crippen LogP contribution in [0, 0.1) is 0 Å². The smallest absolute Gasteiger partial charge is 0.0292 e. The number of benzene rings is 1. The van der Waals surface area contributed by atoms with Gasteiger partial charge in [-0.3, -0.25) is 0 Å². The SMILES string of the molecule is CCCSc1cccc(C(C)NCC)c1. The van der Waals surface area contributed by atoms with Crippen molar-refractivity contribution in [3.05, 3.63) is 29.8 Å². The molecule has 0 aliphatic rings. The third-order valence-corrected chi connectivity index (χ3v) is 3.54. The van der Waals surface area contributed by atoms with Gasteiger partial charge in [0.15, 0.2) is 0 Å². The van der Waals surface area contributed by atoms with Crippen molar-refractivity contribution in [1.29, 1.82) is 0 Å². The Hall–Kier alpha value is -0.470. The zero-order chi connectivity index (χ0) is 11.1. The minimum absolute atomic E-state index is 0.456. The van der Waals surface area contributed by atoms with E-state index in [1.165, 1.54) is 22.6 Å². The van der Waals surface area contributed by atoms with Crippen molar-refractivity contribution >= 4 is 11.8 Å². The maximum atomic E-state index is 3.44. The Morgan fingerprint density at radius 2 is 2.13 bits per heavy atom. The van der Waals surface area contributed by atoms with Gasteiger partial charge in [0.25, 0.3) is 0 Å². The number of hydrogen-bond donors (Lipinski definition) is 1. The summed E-state index contributed by atoms with van der Waals surface area (Å²) in [6.07, 6.45) is 1.23. The molecule has 0 aliphatic carbocycles. The molecule has 84 valence electrons.